The summed E-state index contributed by atoms with van der Waals surface area (Å²) in [5, 5.41) is 0. The van der Waals surface area contributed by atoms with E-state index < -0.39 is 18.4 Å². The highest BCUT2D eigenvalue weighted by atomic mass is 16.8. The molecule has 0 saturated carbocycles. The van der Waals surface area contributed by atoms with Crippen LogP contribution in [0, 0.1) is 0 Å². The normalized spacial score (nSPS) is 12.2. The largest absolute Gasteiger partial charge is 0.511 e. The minimum absolute atomic E-state index is 0.0650. The van der Waals surface area contributed by atoms with E-state index in [1.54, 1.807) is 26.0 Å². The molecule has 2 aliphatic rings. The second-order valence-electron chi connectivity index (χ2n) is 15.3. The number of nitrogens with one attached hydrogen (secondary N) is 2. The van der Waals surface area contributed by atoms with Gasteiger partial charge in [-0.2, -0.15) is 0 Å². The van der Waals surface area contributed by atoms with Crippen molar-refractivity contribution in [2.24, 2.45) is 21.1 Å². The summed E-state index contributed by atoms with van der Waals surface area (Å²) in [5.41, 5.74) is 14.0. The Morgan fingerprint density at radius 1 is 0.500 bits per heavy atom. The van der Waals surface area contributed by atoms with Crippen molar-refractivity contribution in [2.75, 3.05) is 13.2 Å². The molecule has 318 valence electrons. The van der Waals surface area contributed by atoms with Crippen LogP contribution in [-0.4, -0.2) is 51.6 Å². The van der Waals surface area contributed by atoms with E-state index in [1.165, 1.54) is 0 Å². The topological polar surface area (TPSA) is 140 Å². The number of benzene rings is 1. The summed E-state index contributed by atoms with van der Waals surface area (Å²) in [6.07, 6.45) is 17.7. The van der Waals surface area contributed by atoms with Crippen LogP contribution >= 0.6 is 0 Å². The van der Waals surface area contributed by atoms with Crippen LogP contribution < -0.4 is 18.4 Å². The molecule has 0 spiro atoms. The zero-order valence-corrected chi connectivity index (χ0v) is 36.0. The molecular weight excluding hydrogens is 807 g/mol. The predicted octanol–water partition coefficient (Wildman–Crippen LogP) is 8.24. The molecule has 8 bridgehead atoms. The molecule has 0 amide bonds. The third-order valence-electron chi connectivity index (χ3n) is 10.9. The molecule has 7 aromatic rings. The smallest absolute Gasteiger partial charge is 0.460 e. The summed E-state index contributed by atoms with van der Waals surface area (Å²) >= 11 is 0. The Morgan fingerprint density at radius 2 is 0.875 bits per heavy atom. The average molecular weight is 853 g/mol. The van der Waals surface area contributed by atoms with Crippen LogP contribution in [-0.2, 0) is 40.1 Å². The summed E-state index contributed by atoms with van der Waals surface area (Å²) in [5.74, 6) is -0.591. The van der Waals surface area contributed by atoms with Gasteiger partial charge in [0.2, 0.25) is 0 Å². The first-order valence-electron chi connectivity index (χ1n) is 21.0. The Balaban J connectivity index is 1.32. The van der Waals surface area contributed by atoms with Crippen LogP contribution in [0.1, 0.15) is 36.6 Å². The molecule has 13 nitrogen and oxygen atoms in total. The van der Waals surface area contributed by atoms with Crippen LogP contribution in [0.2, 0.25) is 0 Å². The monoisotopic (exact) mass is 852 g/mol. The van der Waals surface area contributed by atoms with Crippen LogP contribution in [0.4, 0.5) is 4.79 Å². The standard InChI is InChI=1S/C51H45N7O6/c1-6-61-49(59)50(64-51(60)62-7-2)63-36-10-8-32(9-11-36)45-37-12-14-39(52-37)46(33-20-26-56(3)27-21-33)41-16-18-43(54-41)48(35-24-30-58(5)31-25-35)44-19-17-42(55-44)47(40-15-13-38(45)53-40)34-22-28-57(4)29-23-34/h8-31,50H,6-7H2,1-5H3,(H,52,53,54,55)/q+2/p+1. The number of esters is 1. The van der Waals surface area contributed by atoms with E-state index >= 15 is 0 Å². The van der Waals surface area contributed by atoms with Gasteiger partial charge in [0, 0.05) is 80.7 Å². The van der Waals surface area contributed by atoms with Crippen molar-refractivity contribution in [1.82, 2.24) is 19.9 Å². The maximum Gasteiger partial charge on any atom is 0.511 e. The summed E-state index contributed by atoms with van der Waals surface area (Å²) in [6, 6.07) is 28.1. The van der Waals surface area contributed by atoms with Gasteiger partial charge in [-0.25, -0.2) is 33.3 Å². The van der Waals surface area contributed by atoms with Gasteiger partial charge >= 0.3 is 18.4 Å². The second kappa shape index (κ2) is 17.7. The molecule has 0 fully saturated rings. The minimum atomic E-state index is -1.67. The molecule has 13 heteroatoms. The van der Waals surface area contributed by atoms with E-state index in [2.05, 4.69) is 82.8 Å². The fourth-order valence-corrected chi connectivity index (χ4v) is 7.82. The maximum atomic E-state index is 12.8. The van der Waals surface area contributed by atoms with Crippen molar-refractivity contribution < 1.29 is 42.2 Å². The van der Waals surface area contributed by atoms with Crippen LogP contribution in [0.3, 0.4) is 0 Å². The zero-order valence-electron chi connectivity index (χ0n) is 36.0. The van der Waals surface area contributed by atoms with E-state index in [9.17, 15) is 9.59 Å². The van der Waals surface area contributed by atoms with Crippen LogP contribution in [0.5, 0.6) is 5.75 Å². The van der Waals surface area contributed by atoms with Gasteiger partial charge in [0.15, 0.2) is 37.2 Å². The van der Waals surface area contributed by atoms with Gasteiger partial charge in [-0.1, -0.05) is 12.1 Å². The number of hydrogen-bond donors (Lipinski definition) is 2. The van der Waals surface area contributed by atoms with E-state index in [1.807, 2.05) is 96.3 Å². The van der Waals surface area contributed by atoms with Crippen molar-refractivity contribution in [1.29, 1.82) is 0 Å². The minimum Gasteiger partial charge on any atom is -0.460 e. The van der Waals surface area contributed by atoms with Gasteiger partial charge in [0.1, 0.15) is 26.9 Å². The predicted molar refractivity (Wildman–Crippen MR) is 243 cm³/mol. The number of aryl methyl sites for hydroxylation is 3. The number of nitrogens with zero attached hydrogens (tertiary/aromatic N) is 5. The maximum absolute atomic E-state index is 12.8. The van der Waals surface area contributed by atoms with Crippen LogP contribution in [0.25, 0.3) is 90.9 Å². The van der Waals surface area contributed by atoms with E-state index in [4.69, 9.17) is 28.9 Å². The number of pyridine rings is 3. The Hall–Kier alpha value is -8.19. The lowest BCUT2D eigenvalue weighted by Gasteiger charge is -2.17. The quantitative estimate of drug-likeness (QED) is 0.0797. The van der Waals surface area contributed by atoms with Gasteiger partial charge in [0.25, 0.3) is 0 Å². The Morgan fingerprint density at radius 3 is 1.31 bits per heavy atom. The van der Waals surface area contributed by atoms with Crippen LogP contribution in [0.15, 0.2) is 122 Å². The number of carbonyl (C=O) groups excluding carboxylic acids is 2. The number of aromatic nitrogens is 7. The van der Waals surface area contributed by atoms with Gasteiger partial charge < -0.3 is 28.9 Å². The fraction of sp³-hybridized carbons (Fsp3) is 0.157. The molecule has 0 radical (unpaired) electrons. The number of H-pyrrole nitrogens is 2. The van der Waals surface area contributed by atoms with Gasteiger partial charge in [-0.3, -0.25) is 0 Å². The number of aromatic amines is 2. The van der Waals surface area contributed by atoms with Crippen molar-refractivity contribution in [3.05, 3.63) is 145 Å². The number of ether oxygens (including phenoxy) is 4. The summed E-state index contributed by atoms with van der Waals surface area (Å²) in [6.45, 7) is 3.42. The van der Waals surface area contributed by atoms with Gasteiger partial charge in [0.05, 0.1) is 36.0 Å². The van der Waals surface area contributed by atoms with Gasteiger partial charge in [-0.05, 0) is 96.8 Å². The Labute approximate surface area is 369 Å². The lowest BCUT2D eigenvalue weighted by Crippen LogP contribution is -2.34. The third kappa shape index (κ3) is 8.38. The molecule has 1 aromatic carbocycles. The number of fused-ring (bicyclic) bond motifs is 8. The molecule has 0 aliphatic carbocycles. The van der Waals surface area contributed by atoms with E-state index in [0.717, 1.165) is 83.7 Å². The molecule has 0 saturated heterocycles. The number of carbonyl (C=O) groups is 2. The average Bonchev–Trinajstić information content (AvgIpc) is 4.14. The molecule has 1 atom stereocenters. The van der Waals surface area contributed by atoms with Crippen molar-refractivity contribution in [3.8, 4) is 50.3 Å². The molecule has 2 aliphatic heterocycles. The van der Waals surface area contributed by atoms with E-state index in [-0.39, 0.29) is 19.0 Å². The highest BCUT2D eigenvalue weighted by Gasteiger charge is 2.28. The molecule has 2 N–H and O–H groups in total. The Bertz CT molecular complexity index is 3130. The number of rotatable bonds is 10. The molecule has 6 aromatic heterocycles. The molecular formula is C51H46N7O6+3. The first kappa shape index (κ1) is 41.2. The molecule has 1 unspecified atom stereocenters. The van der Waals surface area contributed by atoms with Crippen molar-refractivity contribution >= 4 is 58.5 Å². The lowest BCUT2D eigenvalue weighted by molar-refractivity contribution is -0.671. The SMILES string of the molecule is CCOC(=O)OC(Oc1ccc(-c2c3nc(c(-c4cc[n+](C)cc4)c4nc(c(-c5cc[n+](C)cc5)c5ccc([nH]5)c(-c5cc[n+](C)cc5)c5ccc2[nH]5)C=C4)C=C3)cc1)C(=O)OCC. The molecule has 64 heavy (non-hydrogen) atoms. The lowest BCUT2D eigenvalue weighted by atomic mass is 10.0. The molecule has 9 rings (SSSR count). The third-order valence-corrected chi connectivity index (χ3v) is 10.9. The van der Waals surface area contributed by atoms with Crippen molar-refractivity contribution in [3.63, 3.8) is 0 Å². The van der Waals surface area contributed by atoms with E-state index in [0.29, 0.717) is 5.69 Å². The van der Waals surface area contributed by atoms with Gasteiger partial charge in [-0.15, -0.1) is 0 Å². The highest BCUT2D eigenvalue weighted by Crippen LogP contribution is 2.38. The fourth-order valence-electron chi connectivity index (χ4n) is 7.82. The molecule has 8 heterocycles. The number of hydrogen-bond acceptors (Lipinski definition) is 8. The second-order valence-corrected chi connectivity index (χ2v) is 15.3. The Kier molecular flexibility index (Phi) is 11.4. The first-order chi connectivity index (χ1) is 31.1. The zero-order chi connectivity index (χ0) is 44.3. The summed E-state index contributed by atoms with van der Waals surface area (Å²) in [4.78, 5) is 43.3. The summed E-state index contributed by atoms with van der Waals surface area (Å²) in [7, 11) is 6.00. The summed E-state index contributed by atoms with van der Waals surface area (Å²) < 4.78 is 27.1. The van der Waals surface area contributed by atoms with Crippen molar-refractivity contribution in [2.45, 2.75) is 20.1 Å². The first-order valence-corrected chi connectivity index (χ1v) is 21.0. The highest BCUT2D eigenvalue weighted by molar-refractivity contribution is 6.00.